The van der Waals surface area contributed by atoms with Crippen molar-refractivity contribution < 1.29 is 0 Å². The van der Waals surface area contributed by atoms with Gasteiger partial charge in [-0.2, -0.15) is 0 Å². The molecule has 1 unspecified atom stereocenters. The van der Waals surface area contributed by atoms with Crippen molar-refractivity contribution in [1.82, 2.24) is 0 Å². The minimum atomic E-state index is 0.779. The Morgan fingerprint density at radius 1 is 1.06 bits per heavy atom. The highest BCUT2D eigenvalue weighted by Gasteiger charge is 2.19. The highest BCUT2D eigenvalue weighted by Crippen LogP contribution is 2.27. The van der Waals surface area contributed by atoms with Crippen molar-refractivity contribution in [2.75, 3.05) is 11.9 Å². The van der Waals surface area contributed by atoms with Gasteiger partial charge in [-0.3, -0.25) is 0 Å². The van der Waals surface area contributed by atoms with Gasteiger partial charge in [-0.05, 0) is 29.9 Å². The summed E-state index contributed by atoms with van der Waals surface area (Å²) in [5.74, 6) is 1.58. The zero-order chi connectivity index (χ0) is 13.3. The average molecular weight is 235 g/mol. The normalized spacial score (nSPS) is 16.8. The maximum absolute atomic E-state index is 3.49. The molecule has 0 aromatic heterocycles. The fraction of sp³-hybridized carbons (Fsp3) is 0.625. The summed E-state index contributed by atoms with van der Waals surface area (Å²) in [6.45, 7) is 13.7. The summed E-state index contributed by atoms with van der Waals surface area (Å²) in [4.78, 5) is 0. The van der Waals surface area contributed by atoms with Crippen LogP contribution >= 0.6 is 0 Å². The molecule has 98 valence electrons. The molecule has 0 aliphatic carbocycles. The van der Waals surface area contributed by atoms with Gasteiger partial charge in [0.15, 0.2) is 0 Å². The highest BCUT2D eigenvalue weighted by molar-refractivity contribution is 5.53. The van der Waals surface area contributed by atoms with Crippen LogP contribution in [0.3, 0.4) is 0 Å². The smallest absolute Gasteiger partial charge is 0.0372 e. The van der Waals surface area contributed by atoms with E-state index in [1.807, 2.05) is 27.7 Å². The van der Waals surface area contributed by atoms with Gasteiger partial charge in [0, 0.05) is 12.2 Å². The number of anilines is 1. The average Bonchev–Trinajstić information content (AvgIpc) is 2.42. The highest BCUT2D eigenvalue weighted by atomic mass is 14.9. The van der Waals surface area contributed by atoms with Crippen LogP contribution in [0.15, 0.2) is 24.3 Å². The van der Waals surface area contributed by atoms with Gasteiger partial charge in [-0.1, -0.05) is 59.7 Å². The Morgan fingerprint density at radius 2 is 1.65 bits per heavy atom. The van der Waals surface area contributed by atoms with Gasteiger partial charge in [0.05, 0.1) is 0 Å². The second kappa shape index (κ2) is 9.09. The third-order valence-electron chi connectivity index (χ3n) is 3.00. The molecule has 0 amide bonds. The lowest BCUT2D eigenvalue weighted by molar-refractivity contribution is 0.394. The number of fused-ring (bicyclic) bond motifs is 1. The molecule has 1 aromatic rings. The van der Waals surface area contributed by atoms with E-state index in [-0.39, 0.29) is 0 Å². The van der Waals surface area contributed by atoms with Crippen LogP contribution in [0.25, 0.3) is 0 Å². The maximum Gasteiger partial charge on any atom is 0.0372 e. The van der Waals surface area contributed by atoms with E-state index >= 15 is 0 Å². The second-order valence-electron chi connectivity index (χ2n) is 4.25. The molecule has 0 spiro atoms. The molecule has 0 radical (unpaired) electrons. The first kappa shape index (κ1) is 16.0. The molecule has 17 heavy (non-hydrogen) atoms. The van der Waals surface area contributed by atoms with Gasteiger partial charge in [-0.25, -0.2) is 0 Å². The molecule has 2 rings (SSSR count). The number of rotatable bonds is 1. The predicted molar refractivity (Wildman–Crippen MR) is 79.7 cm³/mol. The van der Waals surface area contributed by atoms with Crippen LogP contribution in [0.2, 0.25) is 0 Å². The minimum absolute atomic E-state index is 0.779. The molecule has 1 aliphatic heterocycles. The monoisotopic (exact) mass is 235 g/mol. The fourth-order valence-electron chi connectivity index (χ4n) is 1.94. The van der Waals surface area contributed by atoms with E-state index in [1.165, 1.54) is 17.7 Å². The quantitative estimate of drug-likeness (QED) is 0.724. The fourth-order valence-corrected chi connectivity index (χ4v) is 1.94. The lowest BCUT2D eigenvalue weighted by atomic mass is 9.86. The molecular formula is C16H29N. The Labute approximate surface area is 108 Å². The molecule has 1 aromatic carbocycles. The summed E-state index contributed by atoms with van der Waals surface area (Å²) in [7, 11) is 0. The lowest BCUT2D eigenvalue weighted by Gasteiger charge is -2.28. The Morgan fingerprint density at radius 3 is 2.24 bits per heavy atom. The molecule has 0 bridgehead atoms. The Bertz CT molecular complexity index is 291. The van der Waals surface area contributed by atoms with Gasteiger partial charge in [-0.15, -0.1) is 0 Å². The van der Waals surface area contributed by atoms with Gasteiger partial charge < -0.3 is 5.32 Å². The van der Waals surface area contributed by atoms with Crippen molar-refractivity contribution in [2.45, 2.75) is 48.0 Å². The van der Waals surface area contributed by atoms with E-state index in [2.05, 4.69) is 43.4 Å². The van der Waals surface area contributed by atoms with Crippen LogP contribution in [0.1, 0.15) is 47.1 Å². The number of para-hydroxylation sites is 1. The summed E-state index contributed by atoms with van der Waals surface area (Å²) in [5.41, 5.74) is 2.81. The van der Waals surface area contributed by atoms with E-state index in [1.54, 1.807) is 0 Å². The Kier molecular flexibility index (Phi) is 8.57. The molecule has 1 N–H and O–H groups in total. The summed E-state index contributed by atoms with van der Waals surface area (Å²) in [6, 6.07) is 8.63. The summed E-state index contributed by atoms with van der Waals surface area (Å²) in [6.07, 6.45) is 1.24. The SMILES string of the molecule is CC.CC.CC(C)C1CNc2ccccc2C1. The van der Waals surface area contributed by atoms with Crippen molar-refractivity contribution in [3.8, 4) is 0 Å². The third-order valence-corrected chi connectivity index (χ3v) is 3.00. The molecule has 0 saturated heterocycles. The predicted octanol–water partition coefficient (Wildman–Crippen LogP) is 4.98. The first-order chi connectivity index (χ1) is 8.27. The molecule has 1 atom stereocenters. The molecular weight excluding hydrogens is 206 g/mol. The van der Waals surface area contributed by atoms with E-state index in [9.17, 15) is 0 Å². The van der Waals surface area contributed by atoms with Gasteiger partial charge in [0.25, 0.3) is 0 Å². The molecule has 0 saturated carbocycles. The van der Waals surface area contributed by atoms with Crippen LogP contribution in [-0.4, -0.2) is 6.54 Å². The molecule has 1 heteroatoms. The van der Waals surface area contributed by atoms with Crippen molar-refractivity contribution in [3.05, 3.63) is 29.8 Å². The first-order valence-electron chi connectivity index (χ1n) is 7.09. The molecule has 1 aliphatic rings. The van der Waals surface area contributed by atoms with Crippen LogP contribution in [0.5, 0.6) is 0 Å². The van der Waals surface area contributed by atoms with Crippen molar-refractivity contribution in [1.29, 1.82) is 0 Å². The minimum Gasteiger partial charge on any atom is -0.385 e. The van der Waals surface area contributed by atoms with Crippen LogP contribution < -0.4 is 5.32 Å². The largest absolute Gasteiger partial charge is 0.385 e. The van der Waals surface area contributed by atoms with Crippen molar-refractivity contribution in [3.63, 3.8) is 0 Å². The van der Waals surface area contributed by atoms with Crippen LogP contribution in [0, 0.1) is 11.8 Å². The zero-order valence-corrected chi connectivity index (χ0v) is 12.4. The van der Waals surface area contributed by atoms with Crippen LogP contribution in [0.4, 0.5) is 5.69 Å². The molecule has 1 nitrogen and oxygen atoms in total. The summed E-state index contributed by atoms with van der Waals surface area (Å²) >= 11 is 0. The summed E-state index contributed by atoms with van der Waals surface area (Å²) in [5, 5.41) is 3.49. The zero-order valence-electron chi connectivity index (χ0n) is 12.4. The van der Waals surface area contributed by atoms with Gasteiger partial charge in [0.2, 0.25) is 0 Å². The van der Waals surface area contributed by atoms with Crippen LogP contribution in [-0.2, 0) is 6.42 Å². The number of hydrogen-bond acceptors (Lipinski definition) is 1. The van der Waals surface area contributed by atoms with E-state index in [0.29, 0.717) is 0 Å². The van der Waals surface area contributed by atoms with Crippen molar-refractivity contribution in [2.24, 2.45) is 11.8 Å². The van der Waals surface area contributed by atoms with E-state index < -0.39 is 0 Å². The number of nitrogens with one attached hydrogen (secondary N) is 1. The maximum atomic E-state index is 3.49. The third kappa shape index (κ3) is 4.80. The van der Waals surface area contributed by atoms with E-state index in [4.69, 9.17) is 0 Å². The standard InChI is InChI=1S/C12H17N.2C2H6/c1-9(2)11-7-10-5-3-4-6-12(10)13-8-11;2*1-2/h3-6,9,11,13H,7-8H2,1-2H3;2*1-2H3. The molecule has 0 fully saturated rings. The molecule has 1 heterocycles. The van der Waals surface area contributed by atoms with Crippen molar-refractivity contribution >= 4 is 5.69 Å². The topological polar surface area (TPSA) is 12.0 Å². The Balaban J connectivity index is 0.000000581. The van der Waals surface area contributed by atoms with Gasteiger partial charge >= 0.3 is 0 Å². The Hall–Kier alpha value is -0.980. The number of benzene rings is 1. The second-order valence-corrected chi connectivity index (χ2v) is 4.25. The first-order valence-corrected chi connectivity index (χ1v) is 7.09. The lowest BCUT2D eigenvalue weighted by Crippen LogP contribution is -2.26. The van der Waals surface area contributed by atoms with Gasteiger partial charge in [0.1, 0.15) is 0 Å². The van der Waals surface area contributed by atoms with E-state index in [0.717, 1.165) is 18.4 Å². The summed E-state index contributed by atoms with van der Waals surface area (Å²) < 4.78 is 0. The number of hydrogen-bond donors (Lipinski definition) is 1.